The summed E-state index contributed by atoms with van der Waals surface area (Å²) in [6, 6.07) is 35.9. The molecular formula is C27H29N3O3S. The van der Waals surface area contributed by atoms with Gasteiger partial charge in [-0.2, -0.15) is 0 Å². The molecule has 0 unspecified atom stereocenters. The third kappa shape index (κ3) is 8.04. The van der Waals surface area contributed by atoms with Gasteiger partial charge in [0.25, 0.3) is 0 Å². The van der Waals surface area contributed by atoms with Crippen LogP contribution in [0.15, 0.2) is 114 Å². The molecule has 4 rings (SSSR count). The van der Waals surface area contributed by atoms with Crippen LogP contribution < -0.4 is 16.4 Å². The number of nitrogens with two attached hydrogens (primary N) is 2. The molecule has 4 aromatic carbocycles. The highest BCUT2D eigenvalue weighted by Crippen LogP contribution is 2.19. The van der Waals surface area contributed by atoms with Crippen LogP contribution in [0.1, 0.15) is 16.7 Å². The van der Waals surface area contributed by atoms with E-state index >= 15 is 0 Å². The molecule has 6 nitrogen and oxygen atoms in total. The second-order valence-corrected chi connectivity index (χ2v) is 9.34. The number of hydrogen-bond donors (Lipinski definition) is 3. The maximum atomic E-state index is 10.5. The van der Waals surface area contributed by atoms with Gasteiger partial charge in [-0.15, -0.1) is 0 Å². The average molecular weight is 476 g/mol. The molecular weight excluding hydrogens is 446 g/mol. The number of nitrogens with one attached hydrogen (secondary N) is 1. The molecule has 0 radical (unpaired) electrons. The maximum absolute atomic E-state index is 10.5. The molecule has 0 aliphatic carbocycles. The van der Waals surface area contributed by atoms with Crippen LogP contribution in [0.5, 0.6) is 0 Å². The lowest BCUT2D eigenvalue weighted by atomic mass is 10.1. The number of quaternary nitrogens is 1. The SMILES string of the molecule is Nc1ccc(S(=O)(=O)[O-])c(N)c1.c1ccc(C[NH+](Cc2ccccc2)Cc2ccccc2)cc1. The molecule has 34 heavy (non-hydrogen) atoms. The van der Waals surface area contributed by atoms with Crippen molar-refractivity contribution in [2.75, 3.05) is 11.5 Å². The Morgan fingerprint density at radius 3 is 1.32 bits per heavy atom. The van der Waals surface area contributed by atoms with Gasteiger partial charge < -0.3 is 20.9 Å². The lowest BCUT2D eigenvalue weighted by molar-refractivity contribution is -0.941. The molecule has 0 fully saturated rings. The standard InChI is InChI=1S/C21H21N.C6H8N2O3S/c1-4-10-19(11-5-1)16-22(17-20-12-6-2-7-13-20)18-21-14-8-3-9-15-21;7-4-1-2-6(5(8)3-4)12(9,10)11/h1-15H,16-18H2;1-3H,7-8H2,(H,9,10,11). The topological polar surface area (TPSA) is 114 Å². The summed E-state index contributed by atoms with van der Waals surface area (Å²) in [6.45, 7) is 3.14. The molecule has 176 valence electrons. The van der Waals surface area contributed by atoms with Crippen LogP contribution in [0.3, 0.4) is 0 Å². The molecule has 0 saturated heterocycles. The van der Waals surface area contributed by atoms with Crippen molar-refractivity contribution >= 4 is 21.5 Å². The molecule has 0 aromatic heterocycles. The molecule has 0 aliphatic heterocycles. The van der Waals surface area contributed by atoms with Crippen molar-refractivity contribution in [3.05, 3.63) is 126 Å². The van der Waals surface area contributed by atoms with Gasteiger partial charge in [-0.25, -0.2) is 8.42 Å². The van der Waals surface area contributed by atoms with E-state index in [2.05, 4.69) is 91.0 Å². The molecule has 7 heteroatoms. The van der Waals surface area contributed by atoms with Crippen molar-refractivity contribution in [1.29, 1.82) is 0 Å². The van der Waals surface area contributed by atoms with E-state index in [9.17, 15) is 13.0 Å². The predicted octanol–water partition coefficient (Wildman–Crippen LogP) is 3.23. The lowest BCUT2D eigenvalue weighted by Gasteiger charge is -2.20. The van der Waals surface area contributed by atoms with E-state index in [1.165, 1.54) is 28.8 Å². The van der Waals surface area contributed by atoms with Crippen LogP contribution in [-0.4, -0.2) is 13.0 Å². The van der Waals surface area contributed by atoms with E-state index in [-0.39, 0.29) is 5.69 Å². The minimum Gasteiger partial charge on any atom is -0.744 e. The first-order chi connectivity index (χ1) is 16.3. The molecule has 0 amide bonds. The summed E-state index contributed by atoms with van der Waals surface area (Å²) < 4.78 is 31.5. The number of nitrogen functional groups attached to an aromatic ring is 2. The van der Waals surface area contributed by atoms with Crippen LogP contribution in [-0.2, 0) is 29.8 Å². The minimum atomic E-state index is -4.48. The van der Waals surface area contributed by atoms with E-state index in [0.717, 1.165) is 25.7 Å². The quantitative estimate of drug-likeness (QED) is 0.281. The monoisotopic (exact) mass is 475 g/mol. The smallest absolute Gasteiger partial charge is 0.126 e. The van der Waals surface area contributed by atoms with Crippen molar-refractivity contribution < 1.29 is 17.9 Å². The van der Waals surface area contributed by atoms with Gasteiger partial charge in [-0.1, -0.05) is 91.0 Å². The molecule has 0 saturated carbocycles. The van der Waals surface area contributed by atoms with Crippen LogP contribution >= 0.6 is 0 Å². The number of benzene rings is 4. The summed E-state index contributed by atoms with van der Waals surface area (Å²) in [5, 5.41) is 0. The Hall–Kier alpha value is -3.65. The molecule has 0 atom stereocenters. The van der Waals surface area contributed by atoms with E-state index in [4.69, 9.17) is 11.5 Å². The summed E-state index contributed by atoms with van der Waals surface area (Å²) in [5.41, 5.74) is 14.9. The fourth-order valence-electron chi connectivity index (χ4n) is 3.64. The minimum absolute atomic E-state index is 0.120. The molecule has 4 aromatic rings. The van der Waals surface area contributed by atoms with Gasteiger partial charge in [0, 0.05) is 22.4 Å². The van der Waals surface area contributed by atoms with Gasteiger partial charge in [0.05, 0.1) is 10.6 Å². The van der Waals surface area contributed by atoms with Crippen molar-refractivity contribution in [3.63, 3.8) is 0 Å². The van der Waals surface area contributed by atoms with Gasteiger partial charge in [-0.05, 0) is 18.2 Å². The maximum Gasteiger partial charge on any atom is 0.126 e. The van der Waals surface area contributed by atoms with Crippen LogP contribution in [0, 0.1) is 0 Å². The third-order valence-electron chi connectivity index (χ3n) is 5.19. The Labute approximate surface area is 201 Å². The summed E-state index contributed by atoms with van der Waals surface area (Å²) >= 11 is 0. The van der Waals surface area contributed by atoms with Gasteiger partial charge in [0.15, 0.2) is 0 Å². The number of rotatable bonds is 7. The van der Waals surface area contributed by atoms with E-state index in [1.807, 2.05) is 0 Å². The highest BCUT2D eigenvalue weighted by atomic mass is 32.2. The highest BCUT2D eigenvalue weighted by Gasteiger charge is 2.11. The van der Waals surface area contributed by atoms with Crippen molar-refractivity contribution in [3.8, 4) is 0 Å². The molecule has 0 bridgehead atoms. The van der Waals surface area contributed by atoms with E-state index < -0.39 is 15.0 Å². The van der Waals surface area contributed by atoms with Crippen LogP contribution in [0.4, 0.5) is 11.4 Å². The van der Waals surface area contributed by atoms with Crippen molar-refractivity contribution in [2.45, 2.75) is 24.5 Å². The summed E-state index contributed by atoms with van der Waals surface area (Å²) in [6.07, 6.45) is 0. The predicted molar refractivity (Wildman–Crippen MR) is 135 cm³/mol. The summed E-state index contributed by atoms with van der Waals surface area (Å²) in [7, 11) is -4.48. The first kappa shape index (κ1) is 25.0. The molecule has 0 spiro atoms. The Bertz CT molecular complexity index is 1170. The van der Waals surface area contributed by atoms with E-state index in [0.29, 0.717) is 5.69 Å². The van der Waals surface area contributed by atoms with Gasteiger partial charge in [-0.3, -0.25) is 0 Å². The Balaban J connectivity index is 0.000000229. The summed E-state index contributed by atoms with van der Waals surface area (Å²) in [4.78, 5) is 1.13. The zero-order chi connectivity index (χ0) is 24.4. The lowest BCUT2D eigenvalue weighted by Crippen LogP contribution is -3.08. The Kier molecular flexibility index (Phi) is 8.81. The second-order valence-electron chi connectivity index (χ2n) is 7.99. The first-order valence-corrected chi connectivity index (χ1v) is 12.3. The zero-order valence-electron chi connectivity index (χ0n) is 18.8. The second kappa shape index (κ2) is 12.0. The fraction of sp³-hybridized carbons (Fsp3) is 0.111. The van der Waals surface area contributed by atoms with Gasteiger partial charge in [0.2, 0.25) is 0 Å². The first-order valence-electron chi connectivity index (χ1n) is 10.9. The third-order valence-corrected chi connectivity index (χ3v) is 6.10. The molecule has 0 heterocycles. The van der Waals surface area contributed by atoms with Gasteiger partial charge >= 0.3 is 0 Å². The highest BCUT2D eigenvalue weighted by molar-refractivity contribution is 7.86. The summed E-state index contributed by atoms with van der Waals surface area (Å²) in [5.74, 6) is 0. The Morgan fingerprint density at radius 1 is 0.618 bits per heavy atom. The average Bonchev–Trinajstić information content (AvgIpc) is 2.80. The Morgan fingerprint density at radius 2 is 1.00 bits per heavy atom. The van der Waals surface area contributed by atoms with Crippen LogP contribution in [0.25, 0.3) is 0 Å². The number of anilines is 2. The normalized spacial score (nSPS) is 11.0. The fourth-order valence-corrected chi connectivity index (χ4v) is 4.22. The van der Waals surface area contributed by atoms with E-state index in [1.54, 1.807) is 4.90 Å². The van der Waals surface area contributed by atoms with Gasteiger partial charge in [0.1, 0.15) is 29.8 Å². The number of hydrogen-bond acceptors (Lipinski definition) is 5. The van der Waals surface area contributed by atoms with Crippen LogP contribution in [0.2, 0.25) is 0 Å². The molecule has 0 aliphatic rings. The molecule has 5 N–H and O–H groups in total. The van der Waals surface area contributed by atoms with Crippen molar-refractivity contribution in [2.24, 2.45) is 0 Å². The largest absolute Gasteiger partial charge is 0.744 e. The zero-order valence-corrected chi connectivity index (χ0v) is 19.6. The van der Waals surface area contributed by atoms with Crippen molar-refractivity contribution in [1.82, 2.24) is 0 Å².